The quantitative estimate of drug-likeness (QED) is 0.377. The number of aliphatic hydroxyl groups is 1. The molecule has 0 saturated heterocycles. The summed E-state index contributed by atoms with van der Waals surface area (Å²) in [5.74, 6) is -1.14. The first-order valence-electron chi connectivity index (χ1n) is 11.1. The van der Waals surface area contributed by atoms with Crippen LogP contribution in [0.25, 0.3) is 11.1 Å². The average molecular weight is 480 g/mol. The molecule has 0 amide bonds. The molecule has 0 aliphatic heterocycles. The summed E-state index contributed by atoms with van der Waals surface area (Å²) in [4.78, 5) is 18.3. The number of benzene rings is 1. The van der Waals surface area contributed by atoms with Crippen molar-refractivity contribution in [3.63, 3.8) is 0 Å². The van der Waals surface area contributed by atoms with E-state index in [1.54, 1.807) is 19.1 Å². The van der Waals surface area contributed by atoms with Crippen LogP contribution < -0.4 is 4.74 Å². The highest BCUT2D eigenvalue weighted by molar-refractivity contribution is 7.42. The number of carbonyl (C=O) groups excluding carboxylic acids is 1. The lowest BCUT2D eigenvalue weighted by Gasteiger charge is -2.32. The number of halogens is 1. The number of aromatic nitrogens is 1. The van der Waals surface area contributed by atoms with Crippen molar-refractivity contribution in [2.45, 2.75) is 77.5 Å². The lowest BCUT2D eigenvalue weighted by molar-refractivity contribution is -0.140. The third-order valence-electron chi connectivity index (χ3n) is 5.85. The summed E-state index contributed by atoms with van der Waals surface area (Å²) in [5.41, 5.74) is 2.25. The highest BCUT2D eigenvalue weighted by Gasteiger charge is 2.50. The molecule has 6 nitrogen and oxygen atoms in total. The molecule has 1 aromatic carbocycles. The maximum atomic E-state index is 13.6. The van der Waals surface area contributed by atoms with Crippen molar-refractivity contribution in [2.24, 2.45) is 0 Å². The first kappa shape index (κ1) is 27.2. The van der Waals surface area contributed by atoms with E-state index in [1.807, 2.05) is 40.7 Å². The van der Waals surface area contributed by atoms with E-state index in [2.05, 4.69) is 0 Å². The fraction of sp³-hybridized carbons (Fsp3) is 0.520. The van der Waals surface area contributed by atoms with E-state index in [-0.39, 0.29) is 29.3 Å². The molecule has 2 rings (SSSR count). The number of hydrogen-bond donors (Lipinski definition) is 1. The van der Waals surface area contributed by atoms with Crippen LogP contribution in [0.3, 0.4) is 0 Å². The second-order valence-corrected chi connectivity index (χ2v) is 11.4. The molecule has 3 unspecified atom stereocenters. The molecule has 8 heteroatoms. The van der Waals surface area contributed by atoms with Gasteiger partial charge in [0, 0.05) is 23.8 Å². The number of esters is 1. The molecule has 0 radical (unpaired) electrons. The fourth-order valence-electron chi connectivity index (χ4n) is 3.65. The van der Waals surface area contributed by atoms with Crippen LogP contribution >= 0.6 is 8.03 Å². The molecule has 0 aliphatic rings. The van der Waals surface area contributed by atoms with Gasteiger partial charge in [-0.25, -0.2) is 4.39 Å². The predicted molar refractivity (Wildman–Crippen MR) is 129 cm³/mol. The monoisotopic (exact) mass is 479 g/mol. The smallest absolute Gasteiger partial charge is 0.329 e. The predicted octanol–water partition coefficient (Wildman–Crippen LogP) is 5.86. The summed E-state index contributed by atoms with van der Waals surface area (Å²) in [5, 5.41) is 8.73. The minimum atomic E-state index is -2.99. The molecule has 0 saturated carbocycles. The SMILES string of the molecule is CCC(C(=O)Oc1c(-c2ccc(F)cc2)cc(C(C)(C)C)nc1C(C)C)(C(C)O)[PH](=O)OC. The third kappa shape index (κ3) is 5.53. The van der Waals surface area contributed by atoms with Gasteiger partial charge in [-0.3, -0.25) is 14.3 Å². The number of ether oxygens (including phenoxy) is 1. The molecule has 1 N–H and O–H groups in total. The van der Waals surface area contributed by atoms with Gasteiger partial charge in [-0.15, -0.1) is 0 Å². The highest BCUT2D eigenvalue weighted by Crippen LogP contribution is 2.47. The number of hydrogen-bond acceptors (Lipinski definition) is 6. The molecule has 1 heterocycles. The second kappa shape index (κ2) is 10.5. The standard InChI is InChI=1S/C25H35FNO5P/c1-9-25(16(4)28,33(30)31-8)23(29)32-22-19(17-10-12-18(26)13-11-17)14-20(24(5,6)7)27-21(22)15(2)3/h10-16,28,33H,9H2,1-8H3. The van der Waals surface area contributed by atoms with Crippen LogP contribution in [0.1, 0.15) is 72.2 Å². The molecule has 3 atom stereocenters. The van der Waals surface area contributed by atoms with Gasteiger partial charge in [-0.05, 0) is 43.0 Å². The molecule has 0 aliphatic carbocycles. The van der Waals surface area contributed by atoms with Crippen LogP contribution in [-0.4, -0.2) is 34.4 Å². The Kier molecular flexibility index (Phi) is 8.61. The Hall–Kier alpha value is -2.08. The first-order valence-corrected chi connectivity index (χ1v) is 12.4. The maximum Gasteiger partial charge on any atom is 0.329 e. The zero-order valence-corrected chi connectivity index (χ0v) is 21.7. The zero-order valence-electron chi connectivity index (χ0n) is 20.7. The molecule has 0 fully saturated rings. The summed E-state index contributed by atoms with van der Waals surface area (Å²) in [6.45, 7) is 13.0. The average Bonchev–Trinajstić information content (AvgIpc) is 2.73. The number of pyridine rings is 1. The van der Waals surface area contributed by atoms with E-state index in [0.717, 1.165) is 5.69 Å². The van der Waals surface area contributed by atoms with Crippen LogP contribution in [0.5, 0.6) is 5.75 Å². The number of rotatable bonds is 8. The second-order valence-electron chi connectivity index (χ2n) is 9.56. The summed E-state index contributed by atoms with van der Waals surface area (Å²) in [6, 6.07) is 7.72. The van der Waals surface area contributed by atoms with Gasteiger partial charge in [0.15, 0.2) is 10.9 Å². The van der Waals surface area contributed by atoms with Gasteiger partial charge in [0.05, 0.1) is 11.8 Å². The largest absolute Gasteiger partial charge is 0.423 e. The van der Waals surface area contributed by atoms with Gasteiger partial charge in [-0.2, -0.15) is 0 Å². The highest BCUT2D eigenvalue weighted by atomic mass is 31.1. The van der Waals surface area contributed by atoms with Crippen molar-refractivity contribution in [3.05, 3.63) is 47.5 Å². The summed E-state index contributed by atoms with van der Waals surface area (Å²) < 4.78 is 37.4. The molecular formula is C25H35FNO5P. The Morgan fingerprint density at radius 2 is 1.76 bits per heavy atom. The lowest BCUT2D eigenvalue weighted by Crippen LogP contribution is -2.47. The van der Waals surface area contributed by atoms with Gasteiger partial charge in [0.2, 0.25) is 8.03 Å². The Balaban J connectivity index is 2.81. The number of aliphatic hydroxyl groups excluding tert-OH is 1. The Labute approximate surface area is 196 Å². The molecule has 33 heavy (non-hydrogen) atoms. The van der Waals surface area contributed by atoms with Gasteiger partial charge >= 0.3 is 5.97 Å². The molecular weight excluding hydrogens is 444 g/mol. The van der Waals surface area contributed by atoms with Crippen LogP contribution in [0.2, 0.25) is 0 Å². The van der Waals surface area contributed by atoms with Gasteiger partial charge in [0.25, 0.3) is 0 Å². The van der Waals surface area contributed by atoms with Gasteiger partial charge in [0.1, 0.15) is 5.82 Å². The minimum absolute atomic E-state index is 0.0610. The van der Waals surface area contributed by atoms with Crippen LogP contribution in [0.15, 0.2) is 30.3 Å². The number of nitrogens with zero attached hydrogens (tertiary/aromatic N) is 1. The topological polar surface area (TPSA) is 85.7 Å². The minimum Gasteiger partial charge on any atom is -0.423 e. The normalized spacial score (nSPS) is 15.7. The van der Waals surface area contributed by atoms with Gasteiger partial charge < -0.3 is 14.4 Å². The van der Waals surface area contributed by atoms with Crippen molar-refractivity contribution < 1.29 is 28.1 Å². The summed E-state index contributed by atoms with van der Waals surface area (Å²) in [7, 11) is -1.74. The van der Waals surface area contributed by atoms with E-state index in [4.69, 9.17) is 14.2 Å². The van der Waals surface area contributed by atoms with Crippen molar-refractivity contribution in [2.75, 3.05) is 7.11 Å². The summed E-state index contributed by atoms with van der Waals surface area (Å²) in [6.07, 6.45) is -1.20. The van der Waals surface area contributed by atoms with Crippen molar-refractivity contribution in [3.8, 4) is 16.9 Å². The fourth-order valence-corrected chi connectivity index (χ4v) is 4.87. The van der Waals surface area contributed by atoms with Crippen molar-refractivity contribution in [1.29, 1.82) is 0 Å². The lowest BCUT2D eigenvalue weighted by atomic mass is 9.88. The van der Waals surface area contributed by atoms with Crippen molar-refractivity contribution >= 4 is 14.0 Å². The maximum absolute atomic E-state index is 13.6. The van der Waals surface area contributed by atoms with Gasteiger partial charge in [-0.1, -0.05) is 53.7 Å². The molecule has 0 bridgehead atoms. The Morgan fingerprint density at radius 1 is 1.18 bits per heavy atom. The zero-order chi connectivity index (χ0) is 25.1. The Morgan fingerprint density at radius 3 is 2.18 bits per heavy atom. The Bertz CT molecular complexity index is 1010. The molecule has 1 aromatic heterocycles. The molecule has 182 valence electrons. The molecule has 0 spiro atoms. The number of carbonyl (C=O) groups is 1. The van der Waals surface area contributed by atoms with E-state index in [0.29, 0.717) is 16.8 Å². The van der Waals surface area contributed by atoms with E-state index in [1.165, 1.54) is 26.2 Å². The van der Waals surface area contributed by atoms with E-state index >= 15 is 0 Å². The first-order chi connectivity index (χ1) is 15.3. The third-order valence-corrected chi connectivity index (χ3v) is 7.92. The molecule has 2 aromatic rings. The van der Waals surface area contributed by atoms with Crippen LogP contribution in [0, 0.1) is 5.82 Å². The summed E-state index contributed by atoms with van der Waals surface area (Å²) >= 11 is 0. The van der Waals surface area contributed by atoms with Crippen molar-refractivity contribution in [1.82, 2.24) is 4.98 Å². The van der Waals surface area contributed by atoms with Crippen LogP contribution in [-0.2, 0) is 19.3 Å². The van der Waals surface area contributed by atoms with E-state index < -0.39 is 25.3 Å². The van der Waals surface area contributed by atoms with Crippen LogP contribution in [0.4, 0.5) is 4.39 Å². The van der Waals surface area contributed by atoms with E-state index in [9.17, 15) is 18.9 Å².